The third-order valence-corrected chi connectivity index (χ3v) is 4.10. The molecule has 0 N–H and O–H groups in total. The third kappa shape index (κ3) is 6.92. The summed E-state index contributed by atoms with van der Waals surface area (Å²) in [5.41, 5.74) is 0.615. The fourth-order valence-electron chi connectivity index (χ4n) is 2.10. The summed E-state index contributed by atoms with van der Waals surface area (Å²) in [6.07, 6.45) is 1.61. The molecule has 0 aliphatic heterocycles. The molecular formula is C16H24BrClN2O. The second-order valence-corrected chi connectivity index (χ2v) is 6.77. The number of carbonyl (C=O) groups excluding carboxylic acids is 1. The molecule has 3 nitrogen and oxygen atoms in total. The number of hydrogen-bond acceptors (Lipinski definition) is 3. The zero-order chi connectivity index (χ0) is 15.8. The maximum atomic E-state index is 12.3. The maximum absolute atomic E-state index is 12.3. The van der Waals surface area contributed by atoms with Crippen LogP contribution in [0.25, 0.3) is 0 Å². The lowest BCUT2D eigenvalue weighted by molar-refractivity contribution is 0.0962. The van der Waals surface area contributed by atoms with E-state index in [1.54, 1.807) is 12.1 Å². The van der Waals surface area contributed by atoms with Gasteiger partial charge in [-0.15, -0.1) is 0 Å². The SMILES string of the molecule is CCCN(CCC(=O)c1ccc(Br)cc1Cl)CCN(C)C. The van der Waals surface area contributed by atoms with Crippen LogP contribution in [0, 0.1) is 0 Å². The van der Waals surface area contributed by atoms with Crippen LogP contribution in [0.4, 0.5) is 0 Å². The Morgan fingerprint density at radius 2 is 1.90 bits per heavy atom. The molecule has 0 radical (unpaired) electrons. The third-order valence-electron chi connectivity index (χ3n) is 3.29. The average Bonchev–Trinajstić information content (AvgIpc) is 2.41. The van der Waals surface area contributed by atoms with Crippen molar-refractivity contribution in [2.45, 2.75) is 19.8 Å². The van der Waals surface area contributed by atoms with Crippen molar-refractivity contribution >= 4 is 33.3 Å². The number of halogens is 2. The molecule has 1 aromatic carbocycles. The van der Waals surface area contributed by atoms with Crippen molar-refractivity contribution in [2.24, 2.45) is 0 Å². The molecule has 5 heteroatoms. The van der Waals surface area contributed by atoms with Gasteiger partial charge in [0.25, 0.3) is 0 Å². The Balaban J connectivity index is 2.55. The van der Waals surface area contributed by atoms with E-state index >= 15 is 0 Å². The van der Waals surface area contributed by atoms with Gasteiger partial charge in [0, 0.05) is 36.1 Å². The molecule has 0 spiro atoms. The molecular weight excluding hydrogens is 352 g/mol. The lowest BCUT2D eigenvalue weighted by Crippen LogP contribution is -2.34. The first-order valence-electron chi connectivity index (χ1n) is 7.29. The van der Waals surface area contributed by atoms with Gasteiger partial charge in [-0.3, -0.25) is 4.79 Å². The van der Waals surface area contributed by atoms with Crippen LogP contribution in [0.3, 0.4) is 0 Å². The van der Waals surface area contributed by atoms with Crippen molar-refractivity contribution in [3.05, 3.63) is 33.3 Å². The Morgan fingerprint density at radius 1 is 1.19 bits per heavy atom. The number of hydrogen-bond donors (Lipinski definition) is 0. The molecule has 0 aromatic heterocycles. The summed E-state index contributed by atoms with van der Waals surface area (Å²) in [4.78, 5) is 16.8. The van der Waals surface area contributed by atoms with Crippen molar-refractivity contribution in [2.75, 3.05) is 40.3 Å². The van der Waals surface area contributed by atoms with Crippen molar-refractivity contribution in [1.82, 2.24) is 9.80 Å². The van der Waals surface area contributed by atoms with Gasteiger partial charge in [-0.1, -0.05) is 34.5 Å². The van der Waals surface area contributed by atoms with Crippen LogP contribution >= 0.6 is 27.5 Å². The topological polar surface area (TPSA) is 23.6 Å². The fourth-order valence-corrected chi connectivity index (χ4v) is 2.88. The Hall–Kier alpha value is -0.420. The molecule has 0 heterocycles. The minimum atomic E-state index is 0.110. The number of Topliss-reactive ketones (excluding diaryl/α,β-unsaturated/α-hetero) is 1. The number of carbonyl (C=O) groups is 1. The minimum Gasteiger partial charge on any atom is -0.308 e. The van der Waals surface area contributed by atoms with Crippen molar-refractivity contribution in [3.8, 4) is 0 Å². The van der Waals surface area contributed by atoms with E-state index in [1.807, 2.05) is 6.07 Å². The summed E-state index contributed by atoms with van der Waals surface area (Å²) in [6, 6.07) is 5.42. The first-order chi connectivity index (χ1) is 9.93. The Labute approximate surface area is 141 Å². The lowest BCUT2D eigenvalue weighted by atomic mass is 10.1. The Morgan fingerprint density at radius 3 is 2.48 bits per heavy atom. The molecule has 0 unspecified atom stereocenters. The van der Waals surface area contributed by atoms with E-state index in [9.17, 15) is 4.79 Å². The number of benzene rings is 1. The van der Waals surface area contributed by atoms with Crippen molar-refractivity contribution < 1.29 is 4.79 Å². The summed E-state index contributed by atoms with van der Waals surface area (Å²) in [7, 11) is 4.13. The summed E-state index contributed by atoms with van der Waals surface area (Å²) >= 11 is 9.49. The van der Waals surface area contributed by atoms with Crippen LogP contribution in [0.5, 0.6) is 0 Å². The standard InChI is InChI=1S/C16H24BrClN2O/c1-4-8-20(11-10-19(2)3)9-7-16(21)14-6-5-13(17)12-15(14)18/h5-6,12H,4,7-11H2,1-3H3. The molecule has 0 saturated carbocycles. The quantitative estimate of drug-likeness (QED) is 0.611. The van der Waals surface area contributed by atoms with Gasteiger partial charge >= 0.3 is 0 Å². The second-order valence-electron chi connectivity index (χ2n) is 5.44. The molecule has 1 aromatic rings. The molecule has 0 atom stereocenters. The van der Waals surface area contributed by atoms with Gasteiger partial charge < -0.3 is 9.80 Å². The normalized spacial score (nSPS) is 11.4. The van der Waals surface area contributed by atoms with Crippen LogP contribution < -0.4 is 0 Å². The number of nitrogens with zero attached hydrogens (tertiary/aromatic N) is 2. The smallest absolute Gasteiger partial charge is 0.165 e. The lowest BCUT2D eigenvalue weighted by Gasteiger charge is -2.23. The molecule has 21 heavy (non-hydrogen) atoms. The molecule has 118 valence electrons. The van der Waals surface area contributed by atoms with Crippen molar-refractivity contribution in [1.29, 1.82) is 0 Å². The zero-order valence-electron chi connectivity index (χ0n) is 13.0. The van der Waals surface area contributed by atoms with E-state index in [0.29, 0.717) is 17.0 Å². The van der Waals surface area contributed by atoms with Crippen LogP contribution in [0.15, 0.2) is 22.7 Å². The van der Waals surface area contributed by atoms with E-state index in [1.165, 1.54) is 0 Å². The summed E-state index contributed by atoms with van der Waals surface area (Å²) in [5, 5.41) is 0.518. The molecule has 0 fully saturated rings. The van der Waals surface area contributed by atoms with E-state index in [4.69, 9.17) is 11.6 Å². The number of ketones is 1. The summed E-state index contributed by atoms with van der Waals surface area (Å²) in [5.74, 6) is 0.110. The average molecular weight is 376 g/mol. The highest BCUT2D eigenvalue weighted by Gasteiger charge is 2.13. The Kier molecular flexibility index (Phi) is 8.49. The van der Waals surface area contributed by atoms with Crippen LogP contribution in [-0.2, 0) is 0 Å². The van der Waals surface area contributed by atoms with Gasteiger partial charge in [-0.2, -0.15) is 0 Å². The molecule has 0 amide bonds. The molecule has 1 rings (SSSR count). The Bertz CT molecular complexity index is 466. The molecule has 0 saturated heterocycles. The molecule has 0 aliphatic carbocycles. The van der Waals surface area contributed by atoms with Gasteiger partial charge in [0.1, 0.15) is 0 Å². The van der Waals surface area contributed by atoms with Gasteiger partial charge in [0.2, 0.25) is 0 Å². The summed E-state index contributed by atoms with van der Waals surface area (Å²) < 4.78 is 0.891. The highest BCUT2D eigenvalue weighted by molar-refractivity contribution is 9.10. The number of likely N-dealkylation sites (N-methyl/N-ethyl adjacent to an activating group) is 1. The van der Waals surface area contributed by atoms with Crippen molar-refractivity contribution in [3.63, 3.8) is 0 Å². The van der Waals surface area contributed by atoms with Crippen LogP contribution in [-0.4, -0.2) is 55.9 Å². The van der Waals surface area contributed by atoms with E-state index < -0.39 is 0 Å². The molecule has 0 bridgehead atoms. The van der Waals surface area contributed by atoms with E-state index in [-0.39, 0.29) is 5.78 Å². The minimum absolute atomic E-state index is 0.110. The monoisotopic (exact) mass is 374 g/mol. The number of rotatable bonds is 9. The first kappa shape index (κ1) is 18.6. The zero-order valence-corrected chi connectivity index (χ0v) is 15.4. The van der Waals surface area contributed by atoms with Gasteiger partial charge in [-0.05, 0) is 45.3 Å². The van der Waals surface area contributed by atoms with Crippen LogP contribution in [0.2, 0.25) is 5.02 Å². The van der Waals surface area contributed by atoms with Gasteiger partial charge in [0.15, 0.2) is 5.78 Å². The largest absolute Gasteiger partial charge is 0.308 e. The molecule has 0 aliphatic rings. The predicted octanol–water partition coefficient (Wildman–Crippen LogP) is 3.95. The fraction of sp³-hybridized carbons (Fsp3) is 0.562. The van der Waals surface area contributed by atoms with E-state index in [0.717, 1.165) is 37.1 Å². The van der Waals surface area contributed by atoms with Gasteiger partial charge in [0.05, 0.1) is 5.02 Å². The predicted molar refractivity (Wildman–Crippen MR) is 93.4 cm³/mol. The highest BCUT2D eigenvalue weighted by atomic mass is 79.9. The second kappa shape index (κ2) is 9.57. The maximum Gasteiger partial charge on any atom is 0.165 e. The van der Waals surface area contributed by atoms with Crippen LogP contribution in [0.1, 0.15) is 30.1 Å². The first-order valence-corrected chi connectivity index (χ1v) is 8.46. The highest BCUT2D eigenvalue weighted by Crippen LogP contribution is 2.22. The van der Waals surface area contributed by atoms with E-state index in [2.05, 4.69) is 46.7 Å². The van der Waals surface area contributed by atoms with Gasteiger partial charge in [-0.25, -0.2) is 0 Å². The summed E-state index contributed by atoms with van der Waals surface area (Å²) in [6.45, 7) is 5.97.